The van der Waals surface area contributed by atoms with E-state index < -0.39 is 16.4 Å². The molecule has 26 heavy (non-hydrogen) atoms. The van der Waals surface area contributed by atoms with Crippen LogP contribution in [0.3, 0.4) is 0 Å². The molecule has 2 amide bonds. The summed E-state index contributed by atoms with van der Waals surface area (Å²) in [4.78, 5) is 35.5. The van der Waals surface area contributed by atoms with Gasteiger partial charge in [-0.05, 0) is 18.9 Å². The Kier molecular flexibility index (Phi) is 6.84. The zero-order chi connectivity index (χ0) is 19.1. The third kappa shape index (κ3) is 5.12. The monoisotopic (exact) mass is 368 g/mol. The number of hydrogen-bond donors (Lipinski definition) is 2. The van der Waals surface area contributed by atoms with Crippen LogP contribution in [0, 0.1) is 21.8 Å². The molecule has 3 N–H and O–H groups in total. The number of amides is 2. The van der Waals surface area contributed by atoms with Crippen LogP contribution in [0.4, 0.5) is 10.1 Å². The molecular formula is C16H21FN4O5. The average molecular weight is 368 g/mol. The lowest BCUT2D eigenvalue weighted by Gasteiger charge is -2.32. The van der Waals surface area contributed by atoms with Crippen molar-refractivity contribution in [2.75, 3.05) is 32.8 Å². The van der Waals surface area contributed by atoms with Gasteiger partial charge in [0.2, 0.25) is 11.7 Å². The quantitative estimate of drug-likeness (QED) is 0.530. The molecule has 1 aromatic carbocycles. The summed E-state index contributed by atoms with van der Waals surface area (Å²) in [5.74, 6) is -1.77. The van der Waals surface area contributed by atoms with Crippen molar-refractivity contribution in [1.29, 1.82) is 0 Å². The highest BCUT2D eigenvalue weighted by molar-refractivity contribution is 5.82. The van der Waals surface area contributed by atoms with Gasteiger partial charge >= 0.3 is 5.69 Å². The molecule has 0 spiro atoms. The van der Waals surface area contributed by atoms with E-state index >= 15 is 0 Å². The van der Waals surface area contributed by atoms with E-state index in [1.165, 1.54) is 11.0 Å². The highest BCUT2D eigenvalue weighted by Crippen LogP contribution is 2.22. The Bertz CT molecular complexity index is 685. The number of likely N-dealkylation sites (tertiary alicyclic amines) is 1. The van der Waals surface area contributed by atoms with Crippen molar-refractivity contribution in [2.24, 2.45) is 11.7 Å². The first kappa shape index (κ1) is 19.6. The van der Waals surface area contributed by atoms with Crippen LogP contribution in [0.2, 0.25) is 0 Å². The Labute approximate surface area is 149 Å². The van der Waals surface area contributed by atoms with Gasteiger partial charge in [0.05, 0.1) is 10.8 Å². The molecule has 142 valence electrons. The molecule has 1 atom stereocenters. The standard InChI is InChI=1S/C16H21FN4O5/c17-13-8-12(3-4-14(13)21(24)25)26-10-15(22)20-7-1-2-11(9-20)16(23)19-6-5-18/h3-4,8,11H,1-2,5-7,9-10,18H2,(H,19,23). The van der Waals surface area contributed by atoms with Gasteiger partial charge in [0.1, 0.15) is 5.75 Å². The topological polar surface area (TPSA) is 128 Å². The Morgan fingerprint density at radius 1 is 1.46 bits per heavy atom. The van der Waals surface area contributed by atoms with E-state index in [2.05, 4.69) is 5.32 Å². The molecule has 10 heteroatoms. The molecule has 0 aromatic heterocycles. The van der Waals surface area contributed by atoms with Crippen molar-refractivity contribution < 1.29 is 23.6 Å². The minimum absolute atomic E-state index is 0.0238. The predicted molar refractivity (Wildman–Crippen MR) is 89.9 cm³/mol. The van der Waals surface area contributed by atoms with Crippen LogP contribution >= 0.6 is 0 Å². The van der Waals surface area contributed by atoms with Crippen LogP contribution in [0.15, 0.2) is 18.2 Å². The maximum absolute atomic E-state index is 13.6. The van der Waals surface area contributed by atoms with Gasteiger partial charge in [-0.3, -0.25) is 19.7 Å². The number of nitrogens with one attached hydrogen (secondary N) is 1. The van der Waals surface area contributed by atoms with Crippen molar-refractivity contribution in [2.45, 2.75) is 12.8 Å². The van der Waals surface area contributed by atoms with E-state index in [4.69, 9.17) is 10.5 Å². The van der Waals surface area contributed by atoms with Gasteiger partial charge in [-0.1, -0.05) is 0 Å². The van der Waals surface area contributed by atoms with Crippen LogP contribution in [-0.2, 0) is 9.59 Å². The molecule has 1 aromatic rings. The first-order valence-corrected chi connectivity index (χ1v) is 8.24. The number of ether oxygens (including phenoxy) is 1. The maximum Gasteiger partial charge on any atom is 0.305 e. The fourth-order valence-corrected chi connectivity index (χ4v) is 2.72. The molecule has 1 fully saturated rings. The van der Waals surface area contributed by atoms with Crippen molar-refractivity contribution in [1.82, 2.24) is 10.2 Å². The molecule has 1 aliphatic rings. The third-order valence-electron chi connectivity index (χ3n) is 4.07. The van der Waals surface area contributed by atoms with E-state index in [9.17, 15) is 24.1 Å². The highest BCUT2D eigenvalue weighted by atomic mass is 19.1. The number of nitro benzene ring substituents is 1. The summed E-state index contributed by atoms with van der Waals surface area (Å²) in [6.45, 7) is 1.19. The van der Waals surface area contributed by atoms with E-state index in [-0.39, 0.29) is 36.6 Å². The Hall–Kier alpha value is -2.75. The van der Waals surface area contributed by atoms with E-state index in [0.717, 1.165) is 12.1 Å². The lowest BCUT2D eigenvalue weighted by Crippen LogP contribution is -2.47. The molecule has 1 aliphatic heterocycles. The van der Waals surface area contributed by atoms with E-state index in [1.54, 1.807) is 0 Å². The number of halogens is 1. The van der Waals surface area contributed by atoms with Gasteiger partial charge < -0.3 is 20.7 Å². The number of carbonyl (C=O) groups is 2. The number of nitro groups is 1. The summed E-state index contributed by atoms with van der Waals surface area (Å²) in [7, 11) is 0. The van der Waals surface area contributed by atoms with Gasteiger partial charge in [0.15, 0.2) is 6.61 Å². The fourth-order valence-electron chi connectivity index (χ4n) is 2.72. The summed E-state index contributed by atoms with van der Waals surface area (Å²) >= 11 is 0. The molecule has 1 unspecified atom stereocenters. The number of rotatable bonds is 7. The maximum atomic E-state index is 13.6. The SMILES string of the molecule is NCCNC(=O)C1CCCN(C(=O)COc2ccc([N+](=O)[O-])c(F)c2)C1. The lowest BCUT2D eigenvalue weighted by atomic mass is 9.97. The van der Waals surface area contributed by atoms with Crippen molar-refractivity contribution in [3.05, 3.63) is 34.1 Å². The molecule has 1 heterocycles. The smallest absolute Gasteiger partial charge is 0.305 e. The molecule has 2 rings (SSSR count). The van der Waals surface area contributed by atoms with Crippen LogP contribution in [0.5, 0.6) is 5.75 Å². The minimum atomic E-state index is -1.03. The van der Waals surface area contributed by atoms with Crippen molar-refractivity contribution in [3.63, 3.8) is 0 Å². The predicted octanol–water partition coefficient (Wildman–Crippen LogP) is 0.426. The Morgan fingerprint density at radius 2 is 2.23 bits per heavy atom. The number of nitrogens with two attached hydrogens (primary N) is 1. The lowest BCUT2D eigenvalue weighted by molar-refractivity contribution is -0.387. The number of carbonyl (C=O) groups excluding carboxylic acids is 2. The second-order valence-corrected chi connectivity index (χ2v) is 5.92. The molecule has 0 bridgehead atoms. The summed E-state index contributed by atoms with van der Waals surface area (Å²) in [6, 6.07) is 3.08. The number of piperidine rings is 1. The molecule has 0 radical (unpaired) electrons. The zero-order valence-corrected chi connectivity index (χ0v) is 14.2. The number of hydrogen-bond acceptors (Lipinski definition) is 6. The second-order valence-electron chi connectivity index (χ2n) is 5.92. The van der Waals surface area contributed by atoms with Crippen LogP contribution < -0.4 is 15.8 Å². The summed E-state index contributed by atoms with van der Waals surface area (Å²) in [6.07, 6.45) is 1.38. The summed E-state index contributed by atoms with van der Waals surface area (Å²) in [5, 5.41) is 13.3. The largest absolute Gasteiger partial charge is 0.484 e. The van der Waals surface area contributed by atoms with Gasteiger partial charge in [0.25, 0.3) is 5.91 Å². The van der Waals surface area contributed by atoms with Crippen molar-refractivity contribution >= 4 is 17.5 Å². The minimum Gasteiger partial charge on any atom is -0.484 e. The molecule has 0 saturated carbocycles. The van der Waals surface area contributed by atoms with Crippen LogP contribution in [0.25, 0.3) is 0 Å². The Balaban J connectivity index is 1.88. The number of nitrogens with zero attached hydrogens (tertiary/aromatic N) is 2. The highest BCUT2D eigenvalue weighted by Gasteiger charge is 2.28. The first-order valence-electron chi connectivity index (χ1n) is 8.24. The van der Waals surface area contributed by atoms with E-state index in [0.29, 0.717) is 32.5 Å². The normalized spacial score (nSPS) is 16.8. The summed E-state index contributed by atoms with van der Waals surface area (Å²) < 4.78 is 18.8. The third-order valence-corrected chi connectivity index (χ3v) is 4.07. The van der Waals surface area contributed by atoms with Gasteiger partial charge in [-0.25, -0.2) is 0 Å². The van der Waals surface area contributed by atoms with E-state index in [1.807, 2.05) is 0 Å². The first-order chi connectivity index (χ1) is 12.4. The molecule has 9 nitrogen and oxygen atoms in total. The Morgan fingerprint density at radius 3 is 2.88 bits per heavy atom. The van der Waals surface area contributed by atoms with Gasteiger partial charge in [0, 0.05) is 38.3 Å². The van der Waals surface area contributed by atoms with Crippen LogP contribution in [0.1, 0.15) is 12.8 Å². The average Bonchev–Trinajstić information content (AvgIpc) is 2.64. The molecular weight excluding hydrogens is 347 g/mol. The van der Waals surface area contributed by atoms with Crippen LogP contribution in [-0.4, -0.2) is 54.4 Å². The molecule has 0 aliphatic carbocycles. The van der Waals surface area contributed by atoms with Gasteiger partial charge in [-0.2, -0.15) is 4.39 Å². The fraction of sp³-hybridized carbons (Fsp3) is 0.500. The zero-order valence-electron chi connectivity index (χ0n) is 14.2. The van der Waals surface area contributed by atoms with Crippen molar-refractivity contribution in [3.8, 4) is 5.75 Å². The second kappa shape index (κ2) is 9.09. The number of benzene rings is 1. The van der Waals surface area contributed by atoms with Gasteiger partial charge in [-0.15, -0.1) is 0 Å². The molecule has 1 saturated heterocycles. The summed E-state index contributed by atoms with van der Waals surface area (Å²) in [5.41, 5.74) is 4.69.